The standard InChI is InChI=1S/C23H15N3O3/c27-22-19-11-5-6-12-20(19)24-25-26(22)14-29-23(28)21-17-9-3-1-7-15(17)13-16-8-2-4-10-18(16)21/h1-13H,14H2. The van der Waals surface area contributed by atoms with Crippen molar-refractivity contribution < 1.29 is 9.53 Å². The predicted molar refractivity (Wildman–Crippen MR) is 111 cm³/mol. The van der Waals surface area contributed by atoms with Crippen LogP contribution in [0.4, 0.5) is 0 Å². The molecule has 1 heterocycles. The summed E-state index contributed by atoms with van der Waals surface area (Å²) >= 11 is 0. The van der Waals surface area contributed by atoms with Gasteiger partial charge in [0.05, 0.1) is 10.9 Å². The van der Waals surface area contributed by atoms with E-state index < -0.39 is 5.97 Å². The van der Waals surface area contributed by atoms with Crippen LogP contribution in [-0.2, 0) is 11.5 Å². The van der Waals surface area contributed by atoms with Crippen LogP contribution >= 0.6 is 0 Å². The largest absolute Gasteiger partial charge is 0.439 e. The molecule has 4 aromatic carbocycles. The van der Waals surface area contributed by atoms with Crippen molar-refractivity contribution in [3.8, 4) is 0 Å². The molecule has 5 rings (SSSR count). The van der Waals surface area contributed by atoms with Crippen molar-refractivity contribution in [1.82, 2.24) is 15.0 Å². The van der Waals surface area contributed by atoms with Crippen LogP contribution < -0.4 is 5.56 Å². The second-order valence-corrected chi connectivity index (χ2v) is 6.67. The third kappa shape index (κ3) is 2.91. The monoisotopic (exact) mass is 381 g/mol. The van der Waals surface area contributed by atoms with Gasteiger partial charge in [-0.1, -0.05) is 65.9 Å². The highest BCUT2D eigenvalue weighted by atomic mass is 16.5. The van der Waals surface area contributed by atoms with E-state index in [1.54, 1.807) is 24.3 Å². The lowest BCUT2D eigenvalue weighted by molar-refractivity contribution is 0.0341. The van der Waals surface area contributed by atoms with E-state index in [1.165, 1.54) is 0 Å². The molecule has 0 saturated carbocycles. The van der Waals surface area contributed by atoms with Gasteiger partial charge in [0, 0.05) is 0 Å². The zero-order valence-electron chi connectivity index (χ0n) is 15.3. The molecule has 0 N–H and O–H groups in total. The molecule has 0 aliphatic carbocycles. The van der Waals surface area contributed by atoms with Crippen molar-refractivity contribution in [2.75, 3.05) is 0 Å². The molecule has 0 spiro atoms. The van der Waals surface area contributed by atoms with Gasteiger partial charge in [-0.25, -0.2) is 4.79 Å². The Bertz CT molecular complexity index is 1400. The second kappa shape index (κ2) is 6.83. The average Bonchev–Trinajstić information content (AvgIpc) is 2.77. The van der Waals surface area contributed by atoms with Crippen LogP contribution in [-0.4, -0.2) is 21.0 Å². The summed E-state index contributed by atoms with van der Waals surface area (Å²) in [6.07, 6.45) is 0. The maximum atomic E-state index is 13.0. The molecule has 0 aliphatic heterocycles. The van der Waals surface area contributed by atoms with Gasteiger partial charge in [-0.05, 0) is 39.7 Å². The highest BCUT2D eigenvalue weighted by Crippen LogP contribution is 2.29. The average molecular weight is 381 g/mol. The Balaban J connectivity index is 1.55. The van der Waals surface area contributed by atoms with Gasteiger partial charge in [0.25, 0.3) is 5.56 Å². The lowest BCUT2D eigenvalue weighted by Crippen LogP contribution is -2.26. The van der Waals surface area contributed by atoms with Gasteiger partial charge in [-0.2, -0.15) is 4.68 Å². The molecule has 0 atom stereocenters. The summed E-state index contributed by atoms with van der Waals surface area (Å²) in [6, 6.07) is 24.3. The Labute approximate surface area is 165 Å². The van der Waals surface area contributed by atoms with Crippen molar-refractivity contribution in [2.24, 2.45) is 0 Å². The molecule has 6 nitrogen and oxygen atoms in total. The molecule has 0 fully saturated rings. The minimum Gasteiger partial charge on any atom is -0.439 e. The number of fused-ring (bicyclic) bond motifs is 3. The van der Waals surface area contributed by atoms with Crippen LogP contribution in [0.2, 0.25) is 0 Å². The number of aromatic nitrogens is 3. The van der Waals surface area contributed by atoms with E-state index in [2.05, 4.69) is 10.3 Å². The van der Waals surface area contributed by atoms with E-state index >= 15 is 0 Å². The van der Waals surface area contributed by atoms with Crippen molar-refractivity contribution >= 4 is 38.4 Å². The zero-order chi connectivity index (χ0) is 19.8. The SMILES string of the molecule is O=C(OCn1nnc2ccccc2c1=O)c1c2ccccc2cc2ccccc12. The fourth-order valence-electron chi connectivity index (χ4n) is 3.53. The van der Waals surface area contributed by atoms with Crippen molar-refractivity contribution in [2.45, 2.75) is 6.73 Å². The molecule has 0 unspecified atom stereocenters. The quantitative estimate of drug-likeness (QED) is 0.350. The van der Waals surface area contributed by atoms with Crippen LogP contribution in [0.1, 0.15) is 10.4 Å². The Morgan fingerprint density at radius 1 is 0.828 bits per heavy atom. The summed E-state index contributed by atoms with van der Waals surface area (Å²) in [7, 11) is 0. The van der Waals surface area contributed by atoms with Crippen molar-refractivity contribution in [1.29, 1.82) is 0 Å². The van der Waals surface area contributed by atoms with Crippen molar-refractivity contribution in [3.05, 3.63) is 94.8 Å². The molecule has 1 aromatic heterocycles. The van der Waals surface area contributed by atoms with Crippen LogP contribution in [0.5, 0.6) is 0 Å². The third-order valence-corrected chi connectivity index (χ3v) is 4.92. The van der Waals surface area contributed by atoms with Gasteiger partial charge in [-0.15, -0.1) is 5.10 Å². The number of esters is 1. The fraction of sp³-hybridized carbons (Fsp3) is 0.0435. The summed E-state index contributed by atoms with van der Waals surface area (Å²) < 4.78 is 6.53. The first-order valence-electron chi connectivity index (χ1n) is 9.12. The van der Waals surface area contributed by atoms with Crippen molar-refractivity contribution in [3.63, 3.8) is 0 Å². The Morgan fingerprint density at radius 2 is 1.41 bits per heavy atom. The Hall–Kier alpha value is -4.06. The van der Waals surface area contributed by atoms with Gasteiger partial charge < -0.3 is 4.74 Å². The number of hydrogen-bond acceptors (Lipinski definition) is 5. The molecule has 6 heteroatoms. The third-order valence-electron chi connectivity index (χ3n) is 4.92. The molecular formula is C23H15N3O3. The molecule has 140 valence electrons. The number of hydrogen-bond donors (Lipinski definition) is 0. The summed E-state index contributed by atoms with van der Waals surface area (Å²) in [5, 5.41) is 11.8. The number of ether oxygens (including phenoxy) is 1. The zero-order valence-corrected chi connectivity index (χ0v) is 15.3. The van der Waals surface area contributed by atoms with Gasteiger partial charge in [0.15, 0.2) is 6.73 Å². The van der Waals surface area contributed by atoms with E-state index in [-0.39, 0.29) is 12.3 Å². The van der Waals surface area contributed by atoms with E-state index in [0.717, 1.165) is 26.2 Å². The van der Waals surface area contributed by atoms with E-state index in [0.29, 0.717) is 16.5 Å². The summed E-state index contributed by atoms with van der Waals surface area (Å²) in [6.45, 7) is -0.312. The molecule has 0 saturated heterocycles. The van der Waals surface area contributed by atoms with Crippen LogP contribution in [0.3, 0.4) is 0 Å². The predicted octanol–water partition coefficient (Wildman–Crippen LogP) is 3.91. The maximum Gasteiger partial charge on any atom is 0.341 e. The molecule has 0 aliphatic rings. The Morgan fingerprint density at radius 3 is 2.10 bits per heavy atom. The van der Waals surface area contributed by atoms with E-state index in [9.17, 15) is 9.59 Å². The molecule has 5 aromatic rings. The number of carbonyl (C=O) groups is 1. The first-order chi connectivity index (χ1) is 14.2. The maximum absolute atomic E-state index is 13.0. The molecule has 0 bridgehead atoms. The fourth-order valence-corrected chi connectivity index (χ4v) is 3.53. The van der Waals surface area contributed by atoms with E-state index in [4.69, 9.17) is 4.74 Å². The number of rotatable bonds is 3. The normalized spacial score (nSPS) is 11.2. The number of carbonyl (C=O) groups excluding carboxylic acids is 1. The van der Waals surface area contributed by atoms with Crippen LogP contribution in [0, 0.1) is 0 Å². The summed E-state index contributed by atoms with van der Waals surface area (Å²) in [5.41, 5.74) is 0.617. The van der Waals surface area contributed by atoms with Crippen LogP contribution in [0.25, 0.3) is 32.4 Å². The van der Waals surface area contributed by atoms with Gasteiger partial charge in [0.1, 0.15) is 5.52 Å². The highest BCUT2D eigenvalue weighted by Gasteiger charge is 2.17. The Kier molecular flexibility index (Phi) is 4.02. The van der Waals surface area contributed by atoms with Gasteiger partial charge >= 0.3 is 5.97 Å². The first-order valence-corrected chi connectivity index (χ1v) is 9.12. The number of nitrogens with zero attached hydrogens (tertiary/aromatic N) is 3. The molecule has 29 heavy (non-hydrogen) atoms. The lowest BCUT2D eigenvalue weighted by Gasteiger charge is -2.12. The van der Waals surface area contributed by atoms with E-state index in [1.807, 2.05) is 54.6 Å². The van der Waals surface area contributed by atoms with Crippen LogP contribution in [0.15, 0.2) is 83.7 Å². The van der Waals surface area contributed by atoms with Gasteiger partial charge in [0.2, 0.25) is 0 Å². The minimum absolute atomic E-state index is 0.312. The number of benzene rings is 4. The minimum atomic E-state index is -0.514. The topological polar surface area (TPSA) is 74.1 Å². The molecular weight excluding hydrogens is 366 g/mol. The lowest BCUT2D eigenvalue weighted by atomic mass is 9.97. The van der Waals surface area contributed by atoms with Gasteiger partial charge in [-0.3, -0.25) is 4.79 Å². The smallest absolute Gasteiger partial charge is 0.341 e. The molecule has 0 radical (unpaired) electrons. The summed E-state index contributed by atoms with van der Waals surface area (Å²) in [4.78, 5) is 25.6. The highest BCUT2D eigenvalue weighted by molar-refractivity contribution is 6.16. The first kappa shape index (κ1) is 17.1. The molecule has 0 amide bonds. The second-order valence-electron chi connectivity index (χ2n) is 6.67. The summed E-state index contributed by atoms with van der Waals surface area (Å²) in [5.74, 6) is -0.514.